The van der Waals surface area contributed by atoms with Crippen LogP contribution < -0.4 is 0 Å². The Morgan fingerprint density at radius 3 is 2.52 bits per heavy atom. The van der Waals surface area contributed by atoms with Gasteiger partial charge in [-0.15, -0.1) is 0 Å². The maximum Gasteiger partial charge on any atom is 0.0574 e. The van der Waals surface area contributed by atoms with Crippen molar-refractivity contribution in [2.45, 2.75) is 125 Å². The Balaban J connectivity index is 1.71. The number of aliphatic hydroxyl groups is 1. The summed E-state index contributed by atoms with van der Waals surface area (Å²) < 4.78 is 5.90. The van der Waals surface area contributed by atoms with Crippen molar-refractivity contribution < 1.29 is 9.84 Å². The topological polar surface area (TPSA) is 29.5 Å². The molecule has 3 aliphatic carbocycles. The zero-order chi connectivity index (χ0) is 22.8. The molecule has 0 saturated heterocycles. The number of rotatable bonds is 9. The first-order valence-electron chi connectivity index (χ1n) is 13.6. The third-order valence-corrected chi connectivity index (χ3v) is 10.4. The van der Waals surface area contributed by atoms with E-state index in [9.17, 15) is 5.11 Å². The van der Waals surface area contributed by atoms with Gasteiger partial charge in [-0.1, -0.05) is 32.4 Å². The number of allylic oxidation sites excluding steroid dienone is 2. The molecule has 0 aromatic rings. The van der Waals surface area contributed by atoms with E-state index in [4.69, 9.17) is 4.74 Å². The lowest BCUT2D eigenvalue weighted by molar-refractivity contribution is -0.135. The Kier molecular flexibility index (Phi) is 8.39. The Morgan fingerprint density at radius 1 is 1.10 bits per heavy atom. The molecule has 3 rings (SSSR count). The summed E-state index contributed by atoms with van der Waals surface area (Å²) in [6.07, 6.45) is 15.2. The van der Waals surface area contributed by atoms with Crippen LogP contribution >= 0.6 is 0 Å². The lowest BCUT2D eigenvalue weighted by Crippen LogP contribution is -2.55. The van der Waals surface area contributed by atoms with Gasteiger partial charge in [-0.25, -0.2) is 0 Å². The van der Waals surface area contributed by atoms with Gasteiger partial charge in [0.1, 0.15) is 0 Å². The molecule has 0 spiro atoms. The smallest absolute Gasteiger partial charge is 0.0574 e. The minimum atomic E-state index is -0.105. The molecule has 3 aliphatic rings. The van der Waals surface area contributed by atoms with Gasteiger partial charge in [-0.3, -0.25) is 0 Å². The van der Waals surface area contributed by atoms with Gasteiger partial charge < -0.3 is 9.84 Å². The fourth-order valence-electron chi connectivity index (χ4n) is 8.46. The summed E-state index contributed by atoms with van der Waals surface area (Å²) in [6, 6.07) is 0. The second-order valence-corrected chi connectivity index (χ2v) is 12.3. The van der Waals surface area contributed by atoms with E-state index in [0.717, 1.165) is 43.1 Å². The second-order valence-electron chi connectivity index (χ2n) is 12.3. The fraction of sp³-hybridized carbons (Fsp3) is 0.931. The van der Waals surface area contributed by atoms with E-state index in [-0.39, 0.29) is 6.10 Å². The molecular weight excluding hydrogens is 380 g/mol. The molecule has 1 N–H and O–H groups in total. The van der Waals surface area contributed by atoms with E-state index in [0.29, 0.717) is 22.9 Å². The van der Waals surface area contributed by atoms with Crippen LogP contribution in [0, 0.1) is 40.4 Å². The van der Waals surface area contributed by atoms with Crippen molar-refractivity contribution in [1.29, 1.82) is 0 Å². The van der Waals surface area contributed by atoms with Crippen LogP contribution in [0.5, 0.6) is 0 Å². The van der Waals surface area contributed by atoms with E-state index in [1.54, 1.807) is 0 Å². The highest BCUT2D eigenvalue weighted by Crippen LogP contribution is 2.68. The molecule has 9 unspecified atom stereocenters. The minimum Gasteiger partial charge on any atom is -0.393 e. The number of aliphatic hydroxyl groups excluding tert-OH is 1. The molecule has 180 valence electrons. The van der Waals surface area contributed by atoms with Gasteiger partial charge in [-0.2, -0.15) is 0 Å². The molecule has 0 aromatic carbocycles. The first-order valence-corrected chi connectivity index (χ1v) is 13.6. The van der Waals surface area contributed by atoms with Crippen molar-refractivity contribution in [3.05, 3.63) is 11.6 Å². The highest BCUT2D eigenvalue weighted by atomic mass is 16.5. The third kappa shape index (κ3) is 5.11. The molecule has 0 radical (unpaired) electrons. The second kappa shape index (κ2) is 10.3. The molecule has 0 heterocycles. The Hall–Kier alpha value is -0.340. The van der Waals surface area contributed by atoms with Crippen LogP contribution in [0.2, 0.25) is 0 Å². The van der Waals surface area contributed by atoms with E-state index in [2.05, 4.69) is 54.5 Å². The molecule has 31 heavy (non-hydrogen) atoms. The molecule has 0 aromatic heterocycles. The molecule has 2 nitrogen and oxygen atoms in total. The van der Waals surface area contributed by atoms with E-state index < -0.39 is 0 Å². The number of hydrogen-bond donors (Lipinski definition) is 1. The summed E-state index contributed by atoms with van der Waals surface area (Å²) in [5.41, 5.74) is 2.27. The lowest BCUT2D eigenvalue weighted by atomic mass is 9.43. The predicted molar refractivity (Wildman–Crippen MR) is 132 cm³/mol. The van der Waals surface area contributed by atoms with Gasteiger partial charge in [0.2, 0.25) is 0 Å². The lowest BCUT2D eigenvalue weighted by Gasteiger charge is -2.62. The Bertz CT molecular complexity index is 608. The zero-order valence-corrected chi connectivity index (χ0v) is 21.8. The van der Waals surface area contributed by atoms with Crippen LogP contribution in [0.3, 0.4) is 0 Å². The maximum absolute atomic E-state index is 11.1. The molecule has 9 atom stereocenters. The normalized spacial score (nSPS) is 41.9. The summed E-state index contributed by atoms with van der Waals surface area (Å²) in [6.45, 7) is 17.3. The van der Waals surface area contributed by atoms with Gasteiger partial charge in [0.15, 0.2) is 0 Å². The molecule has 0 amide bonds. The van der Waals surface area contributed by atoms with Crippen LogP contribution in [-0.2, 0) is 4.74 Å². The summed E-state index contributed by atoms with van der Waals surface area (Å²) in [5, 5.41) is 11.1. The van der Waals surface area contributed by atoms with Crippen molar-refractivity contribution >= 4 is 0 Å². The Labute approximate surface area is 193 Å². The van der Waals surface area contributed by atoms with Crippen LogP contribution in [-0.4, -0.2) is 23.9 Å². The first kappa shape index (κ1) is 25.3. The van der Waals surface area contributed by atoms with Crippen LogP contribution in [0.15, 0.2) is 11.6 Å². The number of ether oxygens (including phenoxy) is 1. The summed E-state index contributed by atoms with van der Waals surface area (Å²) in [4.78, 5) is 0. The quantitative estimate of drug-likeness (QED) is 0.377. The first-order chi connectivity index (χ1) is 14.6. The van der Waals surface area contributed by atoms with Crippen molar-refractivity contribution in [3.8, 4) is 0 Å². The van der Waals surface area contributed by atoms with Gasteiger partial charge in [-0.05, 0) is 132 Å². The SMILES string of the molecule is CCOC(C)CCC1(C)C(C)CCC2(C)C3CCC(C(O)CCC=C(C)C)C3CCC12. The Morgan fingerprint density at radius 2 is 1.84 bits per heavy atom. The van der Waals surface area contributed by atoms with Crippen LogP contribution in [0.25, 0.3) is 0 Å². The van der Waals surface area contributed by atoms with Crippen molar-refractivity contribution in [2.75, 3.05) is 6.61 Å². The monoisotopic (exact) mass is 432 g/mol. The van der Waals surface area contributed by atoms with Crippen molar-refractivity contribution in [3.63, 3.8) is 0 Å². The van der Waals surface area contributed by atoms with E-state index in [1.165, 1.54) is 56.9 Å². The standard InChI is InChI=1S/C29H52O2/c1-8-31-22(5)17-19-28(6)21(4)16-18-29(7)25-14-12-24(23(25)13-15-27(28)29)26(30)11-9-10-20(2)3/h10,21-27,30H,8-9,11-19H2,1-7H3. The van der Waals surface area contributed by atoms with E-state index >= 15 is 0 Å². The molecule has 0 bridgehead atoms. The molecule has 0 aliphatic heterocycles. The maximum atomic E-state index is 11.1. The average molecular weight is 433 g/mol. The van der Waals surface area contributed by atoms with Gasteiger partial charge in [0.25, 0.3) is 0 Å². The van der Waals surface area contributed by atoms with Crippen LogP contribution in [0.1, 0.15) is 113 Å². The minimum absolute atomic E-state index is 0.105. The molecule has 3 saturated carbocycles. The number of fused-ring (bicyclic) bond motifs is 3. The molecular formula is C29H52O2. The van der Waals surface area contributed by atoms with Crippen LogP contribution in [0.4, 0.5) is 0 Å². The van der Waals surface area contributed by atoms with Crippen molar-refractivity contribution in [1.82, 2.24) is 0 Å². The summed E-state index contributed by atoms with van der Waals surface area (Å²) >= 11 is 0. The predicted octanol–water partition coefficient (Wildman–Crippen LogP) is 7.79. The van der Waals surface area contributed by atoms with Crippen molar-refractivity contribution in [2.24, 2.45) is 40.4 Å². The summed E-state index contributed by atoms with van der Waals surface area (Å²) in [5.74, 6) is 3.76. The average Bonchev–Trinajstić information content (AvgIpc) is 3.15. The summed E-state index contributed by atoms with van der Waals surface area (Å²) in [7, 11) is 0. The highest BCUT2D eigenvalue weighted by molar-refractivity contribution is 5.09. The van der Waals surface area contributed by atoms with Gasteiger partial charge in [0, 0.05) is 6.61 Å². The number of hydrogen-bond acceptors (Lipinski definition) is 2. The third-order valence-electron chi connectivity index (χ3n) is 10.4. The molecule has 3 fully saturated rings. The van der Waals surface area contributed by atoms with E-state index in [1.807, 2.05) is 0 Å². The molecule has 2 heteroatoms. The largest absolute Gasteiger partial charge is 0.393 e. The fourth-order valence-corrected chi connectivity index (χ4v) is 8.46. The van der Waals surface area contributed by atoms with Gasteiger partial charge >= 0.3 is 0 Å². The zero-order valence-electron chi connectivity index (χ0n) is 21.8. The van der Waals surface area contributed by atoms with Gasteiger partial charge in [0.05, 0.1) is 12.2 Å². The highest BCUT2D eigenvalue weighted by Gasteiger charge is 2.60.